The number of amides is 2. The van der Waals surface area contributed by atoms with E-state index in [-0.39, 0.29) is 23.0 Å². The van der Waals surface area contributed by atoms with Crippen molar-refractivity contribution in [2.75, 3.05) is 39.9 Å². The van der Waals surface area contributed by atoms with E-state index >= 15 is 0 Å². The molecule has 2 saturated heterocycles. The molecule has 2 amide bonds. The van der Waals surface area contributed by atoms with Gasteiger partial charge < -0.3 is 14.5 Å². The lowest BCUT2D eigenvalue weighted by Gasteiger charge is -2.48. The first-order valence-corrected chi connectivity index (χ1v) is 9.30. The lowest BCUT2D eigenvalue weighted by molar-refractivity contribution is -0.143. The van der Waals surface area contributed by atoms with Crippen molar-refractivity contribution in [3.8, 4) is 0 Å². The van der Waals surface area contributed by atoms with Gasteiger partial charge in [0.1, 0.15) is 5.82 Å². The van der Waals surface area contributed by atoms with Crippen LogP contribution in [0, 0.1) is 11.2 Å². The molecule has 6 heteroatoms. The lowest BCUT2D eigenvalue weighted by atomic mass is 9.73. The zero-order valence-electron chi connectivity index (χ0n) is 15.4. The molecule has 1 aromatic rings. The molecule has 142 valence electrons. The minimum absolute atomic E-state index is 0.00163. The maximum atomic E-state index is 13.0. The Morgan fingerprint density at radius 1 is 1.23 bits per heavy atom. The Kier molecular flexibility index (Phi) is 5.91. The van der Waals surface area contributed by atoms with Crippen molar-refractivity contribution in [1.82, 2.24) is 9.80 Å². The van der Waals surface area contributed by atoms with Crippen LogP contribution in [0.2, 0.25) is 0 Å². The molecule has 2 heterocycles. The number of piperidine rings is 2. The van der Waals surface area contributed by atoms with Crippen LogP contribution in [-0.2, 0) is 20.7 Å². The van der Waals surface area contributed by atoms with Crippen molar-refractivity contribution in [2.45, 2.75) is 32.1 Å². The number of nitrogens with zero attached hydrogens (tertiary/aromatic N) is 2. The van der Waals surface area contributed by atoms with Gasteiger partial charge in [-0.3, -0.25) is 9.59 Å². The fourth-order valence-electron chi connectivity index (χ4n) is 4.15. The van der Waals surface area contributed by atoms with Crippen LogP contribution in [0.5, 0.6) is 0 Å². The Balaban J connectivity index is 1.63. The first kappa shape index (κ1) is 18.8. The highest BCUT2D eigenvalue weighted by atomic mass is 19.1. The molecule has 2 fully saturated rings. The first-order chi connectivity index (χ1) is 12.5. The molecule has 0 saturated carbocycles. The third-order valence-electron chi connectivity index (χ3n) is 5.60. The van der Waals surface area contributed by atoms with Crippen LogP contribution in [0.15, 0.2) is 24.3 Å². The second-order valence-corrected chi connectivity index (χ2v) is 7.53. The van der Waals surface area contributed by atoms with Crippen LogP contribution < -0.4 is 0 Å². The third-order valence-corrected chi connectivity index (χ3v) is 5.60. The molecule has 0 N–H and O–H groups in total. The summed E-state index contributed by atoms with van der Waals surface area (Å²) in [7, 11) is 1.64. The SMILES string of the molecule is COCCN1C[C@@]2(CCCN(C(=O)Cc3ccc(F)cc3)C2)CCC1=O. The highest BCUT2D eigenvalue weighted by molar-refractivity contribution is 5.79. The highest BCUT2D eigenvalue weighted by Crippen LogP contribution is 2.39. The first-order valence-electron chi connectivity index (χ1n) is 9.30. The Morgan fingerprint density at radius 2 is 2.00 bits per heavy atom. The van der Waals surface area contributed by atoms with Gasteiger partial charge in [-0.05, 0) is 37.0 Å². The molecule has 0 bridgehead atoms. The average molecular weight is 362 g/mol. The summed E-state index contributed by atoms with van der Waals surface area (Å²) in [4.78, 5) is 28.7. The monoisotopic (exact) mass is 362 g/mol. The smallest absolute Gasteiger partial charge is 0.227 e. The largest absolute Gasteiger partial charge is 0.383 e. The van der Waals surface area contributed by atoms with Crippen molar-refractivity contribution < 1.29 is 18.7 Å². The number of hydrogen-bond donors (Lipinski definition) is 0. The van der Waals surface area contributed by atoms with Gasteiger partial charge in [0.25, 0.3) is 0 Å². The number of ether oxygens (including phenoxy) is 1. The van der Waals surface area contributed by atoms with Gasteiger partial charge in [-0.25, -0.2) is 4.39 Å². The molecular weight excluding hydrogens is 335 g/mol. The van der Waals surface area contributed by atoms with Crippen LogP contribution in [0.1, 0.15) is 31.2 Å². The van der Waals surface area contributed by atoms with Gasteiger partial charge in [0.05, 0.1) is 13.0 Å². The van der Waals surface area contributed by atoms with Gasteiger partial charge in [-0.2, -0.15) is 0 Å². The minimum atomic E-state index is -0.291. The number of carbonyl (C=O) groups is 2. The summed E-state index contributed by atoms with van der Waals surface area (Å²) in [5, 5.41) is 0. The minimum Gasteiger partial charge on any atom is -0.383 e. The highest BCUT2D eigenvalue weighted by Gasteiger charge is 2.42. The number of hydrogen-bond acceptors (Lipinski definition) is 3. The van der Waals surface area contributed by atoms with E-state index < -0.39 is 0 Å². The van der Waals surface area contributed by atoms with Gasteiger partial charge >= 0.3 is 0 Å². The fraction of sp³-hybridized carbons (Fsp3) is 0.600. The van der Waals surface area contributed by atoms with Crippen molar-refractivity contribution >= 4 is 11.8 Å². The zero-order valence-corrected chi connectivity index (χ0v) is 15.4. The molecule has 3 rings (SSSR count). The second-order valence-electron chi connectivity index (χ2n) is 7.53. The molecule has 1 spiro atoms. The molecule has 1 aromatic carbocycles. The molecule has 0 radical (unpaired) electrons. The molecule has 2 aliphatic heterocycles. The number of likely N-dealkylation sites (tertiary alicyclic amines) is 2. The van der Waals surface area contributed by atoms with Crippen molar-refractivity contribution in [3.63, 3.8) is 0 Å². The molecule has 5 nitrogen and oxygen atoms in total. The molecule has 0 unspecified atom stereocenters. The molecule has 1 atom stereocenters. The summed E-state index contributed by atoms with van der Waals surface area (Å²) in [6.45, 7) is 3.31. The van der Waals surface area contributed by atoms with E-state index in [1.165, 1.54) is 12.1 Å². The van der Waals surface area contributed by atoms with Crippen LogP contribution in [-0.4, -0.2) is 61.5 Å². The quantitative estimate of drug-likeness (QED) is 0.807. The predicted octanol–water partition coefficient (Wildman–Crippen LogP) is 2.25. The Bertz CT molecular complexity index is 649. The van der Waals surface area contributed by atoms with Crippen molar-refractivity contribution in [2.24, 2.45) is 5.41 Å². The molecule has 26 heavy (non-hydrogen) atoms. The van der Waals surface area contributed by atoms with Crippen molar-refractivity contribution in [3.05, 3.63) is 35.6 Å². The van der Waals surface area contributed by atoms with E-state index in [1.54, 1.807) is 19.2 Å². The van der Waals surface area contributed by atoms with Gasteiger partial charge in [0.15, 0.2) is 0 Å². The van der Waals surface area contributed by atoms with E-state index in [9.17, 15) is 14.0 Å². The number of rotatable bonds is 5. The zero-order chi connectivity index (χ0) is 18.6. The van der Waals surface area contributed by atoms with Crippen LogP contribution in [0.3, 0.4) is 0 Å². The van der Waals surface area contributed by atoms with Gasteiger partial charge in [-0.1, -0.05) is 12.1 Å². The predicted molar refractivity (Wildman–Crippen MR) is 96.0 cm³/mol. The van der Waals surface area contributed by atoms with E-state index in [2.05, 4.69) is 0 Å². The van der Waals surface area contributed by atoms with Crippen LogP contribution >= 0.6 is 0 Å². The molecule has 2 aliphatic rings. The van der Waals surface area contributed by atoms with E-state index in [4.69, 9.17) is 4.74 Å². The Hall–Kier alpha value is -1.95. The number of carbonyl (C=O) groups excluding carboxylic acids is 2. The van der Waals surface area contributed by atoms with Crippen molar-refractivity contribution in [1.29, 1.82) is 0 Å². The number of methoxy groups -OCH3 is 1. The molecular formula is C20H27FN2O3. The summed E-state index contributed by atoms with van der Waals surface area (Å²) >= 11 is 0. The van der Waals surface area contributed by atoms with E-state index in [0.717, 1.165) is 31.4 Å². The van der Waals surface area contributed by atoms with E-state index in [1.807, 2.05) is 9.80 Å². The molecule has 0 aromatic heterocycles. The molecule has 0 aliphatic carbocycles. The number of benzene rings is 1. The van der Waals surface area contributed by atoms with Gasteiger partial charge in [0.2, 0.25) is 11.8 Å². The summed E-state index contributed by atoms with van der Waals surface area (Å²) < 4.78 is 18.2. The Labute approximate surface area is 154 Å². The summed E-state index contributed by atoms with van der Waals surface area (Å²) in [6.07, 6.45) is 3.69. The van der Waals surface area contributed by atoms with Gasteiger partial charge in [0, 0.05) is 45.1 Å². The normalized spacial score (nSPS) is 23.5. The maximum absolute atomic E-state index is 13.0. The number of halogens is 1. The van der Waals surface area contributed by atoms with Crippen LogP contribution in [0.4, 0.5) is 4.39 Å². The fourth-order valence-corrected chi connectivity index (χ4v) is 4.15. The summed E-state index contributed by atoms with van der Waals surface area (Å²) in [5.74, 6) is -0.0281. The second kappa shape index (κ2) is 8.16. The summed E-state index contributed by atoms with van der Waals surface area (Å²) in [5.41, 5.74) is 0.829. The Morgan fingerprint density at radius 3 is 2.73 bits per heavy atom. The van der Waals surface area contributed by atoms with Crippen LogP contribution in [0.25, 0.3) is 0 Å². The maximum Gasteiger partial charge on any atom is 0.227 e. The average Bonchev–Trinajstić information content (AvgIpc) is 2.65. The summed E-state index contributed by atoms with van der Waals surface area (Å²) in [6, 6.07) is 6.11. The topological polar surface area (TPSA) is 49.9 Å². The van der Waals surface area contributed by atoms with Gasteiger partial charge in [-0.15, -0.1) is 0 Å². The lowest BCUT2D eigenvalue weighted by Crippen LogP contribution is -2.55. The van der Waals surface area contributed by atoms with E-state index in [0.29, 0.717) is 39.1 Å². The third kappa shape index (κ3) is 4.41. The standard InChI is InChI=1S/C20H27FN2O3/c1-26-12-11-23-15-20(9-7-18(23)24)8-2-10-22(14-20)19(25)13-16-3-5-17(21)6-4-16/h3-6H,2,7-15H2,1H3/t20-/m0/s1.